The van der Waals surface area contributed by atoms with Crippen molar-refractivity contribution < 1.29 is 4.79 Å². The highest BCUT2D eigenvalue weighted by molar-refractivity contribution is 7.21. The van der Waals surface area contributed by atoms with E-state index in [1.54, 1.807) is 0 Å². The Morgan fingerprint density at radius 1 is 1.00 bits per heavy atom. The van der Waals surface area contributed by atoms with Gasteiger partial charge in [-0.2, -0.15) is 0 Å². The van der Waals surface area contributed by atoms with Gasteiger partial charge in [0.25, 0.3) is 5.91 Å². The number of aromatic nitrogens is 1. The molecule has 6 heteroatoms. The van der Waals surface area contributed by atoms with Crippen LogP contribution in [0.5, 0.6) is 0 Å². The van der Waals surface area contributed by atoms with Crippen LogP contribution in [-0.4, -0.2) is 42.0 Å². The SMILES string of the molecule is Nc1c(C(=O)N2CCN(c3ccccc3)CC2)sc2nc3c(cc12)CCCCC3. The van der Waals surface area contributed by atoms with Gasteiger partial charge in [-0.25, -0.2) is 4.98 Å². The van der Waals surface area contributed by atoms with Gasteiger partial charge in [0.1, 0.15) is 9.71 Å². The van der Waals surface area contributed by atoms with E-state index in [0.717, 1.165) is 36.1 Å². The molecular formula is C23H26N4OS. The molecule has 2 aliphatic rings. The van der Waals surface area contributed by atoms with Crippen molar-refractivity contribution in [2.45, 2.75) is 32.1 Å². The summed E-state index contributed by atoms with van der Waals surface area (Å²) in [5.41, 5.74) is 10.8. The van der Waals surface area contributed by atoms with Crippen LogP contribution in [0.1, 0.15) is 40.2 Å². The van der Waals surface area contributed by atoms with Crippen molar-refractivity contribution in [1.82, 2.24) is 9.88 Å². The molecule has 0 bridgehead atoms. The number of hydrogen-bond acceptors (Lipinski definition) is 5. The Hall–Kier alpha value is -2.60. The second-order valence-corrected chi connectivity index (χ2v) is 8.97. The van der Waals surface area contributed by atoms with Gasteiger partial charge in [0.2, 0.25) is 0 Å². The third-order valence-corrected chi connectivity index (χ3v) is 7.24. The first-order valence-electron chi connectivity index (χ1n) is 10.5. The maximum Gasteiger partial charge on any atom is 0.266 e. The molecule has 0 unspecified atom stereocenters. The lowest BCUT2D eigenvalue weighted by atomic mass is 10.1. The number of anilines is 2. The number of piperazine rings is 1. The number of rotatable bonds is 2. The first kappa shape index (κ1) is 18.4. The molecular weight excluding hydrogens is 380 g/mol. The minimum atomic E-state index is 0.0494. The number of benzene rings is 1. The van der Waals surface area contributed by atoms with E-state index < -0.39 is 0 Å². The average Bonchev–Trinajstić information content (AvgIpc) is 2.93. The Bertz CT molecular complexity index is 1040. The average molecular weight is 407 g/mol. The Morgan fingerprint density at radius 2 is 1.76 bits per heavy atom. The molecule has 0 spiro atoms. The van der Waals surface area contributed by atoms with Gasteiger partial charge in [0.15, 0.2) is 0 Å². The molecule has 1 aliphatic carbocycles. The molecule has 5 rings (SSSR count). The molecule has 2 aromatic heterocycles. The fraction of sp³-hybridized carbons (Fsp3) is 0.391. The lowest BCUT2D eigenvalue weighted by Gasteiger charge is -2.36. The summed E-state index contributed by atoms with van der Waals surface area (Å²) >= 11 is 1.46. The van der Waals surface area contributed by atoms with E-state index in [1.807, 2.05) is 11.0 Å². The van der Waals surface area contributed by atoms with Gasteiger partial charge < -0.3 is 15.5 Å². The predicted molar refractivity (Wildman–Crippen MR) is 120 cm³/mol. The highest BCUT2D eigenvalue weighted by Crippen LogP contribution is 2.36. The maximum absolute atomic E-state index is 13.2. The van der Waals surface area contributed by atoms with Crippen LogP contribution in [0.2, 0.25) is 0 Å². The van der Waals surface area contributed by atoms with Gasteiger partial charge in [-0.3, -0.25) is 4.79 Å². The van der Waals surface area contributed by atoms with Crippen molar-refractivity contribution in [3.8, 4) is 0 Å². The minimum absolute atomic E-state index is 0.0494. The van der Waals surface area contributed by atoms with E-state index in [4.69, 9.17) is 10.7 Å². The van der Waals surface area contributed by atoms with Crippen LogP contribution in [-0.2, 0) is 12.8 Å². The number of carbonyl (C=O) groups is 1. The van der Waals surface area contributed by atoms with Gasteiger partial charge in [-0.15, -0.1) is 11.3 Å². The molecule has 3 heterocycles. The number of pyridine rings is 1. The van der Waals surface area contributed by atoms with Gasteiger partial charge in [-0.05, 0) is 49.4 Å². The summed E-state index contributed by atoms with van der Waals surface area (Å²) in [6.07, 6.45) is 5.77. The lowest BCUT2D eigenvalue weighted by molar-refractivity contribution is 0.0752. The number of hydrogen-bond donors (Lipinski definition) is 1. The highest BCUT2D eigenvalue weighted by atomic mass is 32.1. The molecule has 1 aromatic carbocycles. The lowest BCUT2D eigenvalue weighted by Crippen LogP contribution is -2.48. The molecule has 2 N–H and O–H groups in total. The van der Waals surface area contributed by atoms with Crippen molar-refractivity contribution in [2.24, 2.45) is 0 Å². The van der Waals surface area contributed by atoms with Crippen LogP contribution in [0.15, 0.2) is 36.4 Å². The van der Waals surface area contributed by atoms with Gasteiger partial charge in [0.05, 0.1) is 5.69 Å². The maximum atomic E-state index is 13.2. The normalized spacial score (nSPS) is 17.2. The van der Waals surface area contributed by atoms with E-state index in [2.05, 4.69) is 35.2 Å². The number of nitrogen functional groups attached to an aromatic ring is 1. The molecule has 0 saturated carbocycles. The summed E-state index contributed by atoms with van der Waals surface area (Å²) in [5.74, 6) is 0.0494. The molecule has 0 atom stereocenters. The molecule has 150 valence electrons. The van der Waals surface area contributed by atoms with Crippen molar-refractivity contribution in [1.29, 1.82) is 0 Å². The van der Waals surface area contributed by atoms with Crippen LogP contribution >= 0.6 is 11.3 Å². The van der Waals surface area contributed by atoms with Crippen molar-refractivity contribution >= 4 is 38.8 Å². The molecule has 5 nitrogen and oxygen atoms in total. The van der Waals surface area contributed by atoms with Crippen LogP contribution in [0, 0.1) is 0 Å². The molecule has 29 heavy (non-hydrogen) atoms. The van der Waals surface area contributed by atoms with Crippen molar-refractivity contribution in [3.63, 3.8) is 0 Å². The molecule has 0 radical (unpaired) electrons. The summed E-state index contributed by atoms with van der Waals surface area (Å²) in [6, 6.07) is 12.6. The van der Waals surface area contributed by atoms with Crippen molar-refractivity contribution in [3.05, 3.63) is 52.5 Å². The van der Waals surface area contributed by atoms with E-state index in [1.165, 1.54) is 47.5 Å². The quantitative estimate of drug-likeness (QED) is 0.651. The summed E-state index contributed by atoms with van der Waals surface area (Å²) in [7, 11) is 0. The van der Waals surface area contributed by atoms with E-state index in [-0.39, 0.29) is 5.91 Å². The second-order valence-electron chi connectivity index (χ2n) is 7.97. The van der Waals surface area contributed by atoms with Crippen LogP contribution in [0.25, 0.3) is 10.2 Å². The number of nitrogens with two attached hydrogens (primary N) is 1. The fourth-order valence-corrected chi connectivity index (χ4v) is 5.51. The number of thiophene rings is 1. The summed E-state index contributed by atoms with van der Waals surface area (Å²) in [6.45, 7) is 3.11. The zero-order valence-corrected chi connectivity index (χ0v) is 17.4. The van der Waals surface area contributed by atoms with Crippen LogP contribution in [0.4, 0.5) is 11.4 Å². The largest absolute Gasteiger partial charge is 0.397 e. The topological polar surface area (TPSA) is 62.5 Å². The van der Waals surface area contributed by atoms with Crippen LogP contribution < -0.4 is 10.6 Å². The van der Waals surface area contributed by atoms with E-state index >= 15 is 0 Å². The third-order valence-electron chi connectivity index (χ3n) is 6.13. The number of fused-ring (bicyclic) bond motifs is 2. The minimum Gasteiger partial charge on any atom is -0.397 e. The van der Waals surface area contributed by atoms with E-state index in [9.17, 15) is 4.79 Å². The smallest absolute Gasteiger partial charge is 0.266 e. The first-order chi connectivity index (χ1) is 14.2. The first-order valence-corrected chi connectivity index (χ1v) is 11.3. The summed E-state index contributed by atoms with van der Waals surface area (Å²) < 4.78 is 0. The molecule has 1 amide bonds. The van der Waals surface area contributed by atoms with Crippen LogP contribution in [0.3, 0.4) is 0 Å². The number of nitrogens with zero attached hydrogens (tertiary/aromatic N) is 3. The molecule has 1 aliphatic heterocycles. The Labute approximate surface area is 175 Å². The van der Waals surface area contributed by atoms with Gasteiger partial charge in [0, 0.05) is 42.9 Å². The monoisotopic (exact) mass is 406 g/mol. The third kappa shape index (κ3) is 3.46. The number of aryl methyl sites for hydroxylation is 2. The molecule has 1 saturated heterocycles. The van der Waals surface area contributed by atoms with Gasteiger partial charge >= 0.3 is 0 Å². The molecule has 1 fully saturated rings. The Kier molecular flexibility index (Phi) is 4.87. The fourth-order valence-electron chi connectivity index (χ4n) is 4.45. The number of amides is 1. The standard InChI is InChI=1S/C23H26N4OS/c24-20-18-15-16-7-3-1-6-10-19(16)25-22(18)29-21(20)23(28)27-13-11-26(12-14-27)17-8-4-2-5-9-17/h2,4-5,8-9,15H,1,3,6-7,10-14,24H2. The zero-order chi connectivity index (χ0) is 19.8. The summed E-state index contributed by atoms with van der Waals surface area (Å²) in [5, 5.41) is 0.960. The highest BCUT2D eigenvalue weighted by Gasteiger charge is 2.27. The second kappa shape index (κ2) is 7.67. The number of para-hydroxylation sites is 1. The predicted octanol–water partition coefficient (Wildman–Crippen LogP) is 4.11. The Morgan fingerprint density at radius 3 is 2.55 bits per heavy atom. The summed E-state index contributed by atoms with van der Waals surface area (Å²) in [4.78, 5) is 23.9. The molecule has 3 aromatic rings. The Balaban J connectivity index is 1.37. The van der Waals surface area contributed by atoms with Crippen molar-refractivity contribution in [2.75, 3.05) is 36.8 Å². The number of carbonyl (C=O) groups excluding carboxylic acids is 1. The van der Waals surface area contributed by atoms with Gasteiger partial charge in [-0.1, -0.05) is 24.6 Å². The zero-order valence-electron chi connectivity index (χ0n) is 16.6. The van der Waals surface area contributed by atoms with E-state index in [0.29, 0.717) is 23.7 Å².